The largest absolute Gasteiger partial charge is 0.147 e. The third-order valence-electron chi connectivity index (χ3n) is 11.2. The van der Waals surface area contributed by atoms with Crippen molar-refractivity contribution in [3.63, 3.8) is 0 Å². The second-order valence-corrected chi connectivity index (χ2v) is 47.6. The topological polar surface area (TPSA) is 0 Å². The van der Waals surface area contributed by atoms with Crippen LogP contribution in [0.2, 0.25) is 9.26 Å². The molecule has 2 atom stereocenters. The Labute approximate surface area is 306 Å². The molecule has 0 aromatic heterocycles. The summed E-state index contributed by atoms with van der Waals surface area (Å²) in [7, 11) is 0. The third-order valence-corrected chi connectivity index (χ3v) is 28.8. The Kier molecular flexibility index (Phi) is 11.0. The fourth-order valence-electron chi connectivity index (χ4n) is 8.90. The summed E-state index contributed by atoms with van der Waals surface area (Å²) >= 11 is -3.70. The van der Waals surface area contributed by atoms with Crippen LogP contribution >= 0.6 is 24.8 Å². The average Bonchev–Trinajstić information content (AvgIpc) is 3.57. The van der Waals surface area contributed by atoms with Crippen LogP contribution in [-0.4, -0.2) is 6.88 Å². The SMILES string of the molecule is CC1=Cc2c(-c3ccc(C(C)(C)C)cc3)ccc(C)c2[CH]1[Zr]([CH3])([CH3])(=[SiH2])[CH]1C(C(C)C)=Cc2c(-c3ccc(C(C)C)cc3)cccc21.Cl.Cl. The summed E-state index contributed by atoms with van der Waals surface area (Å²) in [4.78, 5) is 0. The minimum Gasteiger partial charge on any atom is -0.147 e. The number of aryl methyl sites for hydroxylation is 1. The summed E-state index contributed by atoms with van der Waals surface area (Å²) in [5.41, 5.74) is 19.2. The molecular formula is C44H56Cl2SiZr. The van der Waals surface area contributed by atoms with Gasteiger partial charge in [-0.05, 0) is 0 Å². The van der Waals surface area contributed by atoms with Crippen LogP contribution in [0.3, 0.4) is 0 Å². The van der Waals surface area contributed by atoms with E-state index >= 15 is 0 Å². The van der Waals surface area contributed by atoms with Crippen LogP contribution in [-0.2, 0) is 22.8 Å². The average molecular weight is 775 g/mol. The zero-order valence-corrected chi connectivity index (χ0v) is 36.5. The Morgan fingerprint density at radius 1 is 0.646 bits per heavy atom. The quantitative estimate of drug-likeness (QED) is 0.171. The molecule has 0 radical (unpaired) electrons. The molecule has 0 saturated heterocycles. The molecule has 0 heterocycles. The minimum atomic E-state index is -3.70. The predicted molar refractivity (Wildman–Crippen MR) is 218 cm³/mol. The zero-order chi connectivity index (χ0) is 33.4. The van der Waals surface area contributed by atoms with Gasteiger partial charge in [0, 0.05) is 0 Å². The zero-order valence-electron chi connectivity index (χ0n) is 31.0. The van der Waals surface area contributed by atoms with Crippen LogP contribution in [0.4, 0.5) is 0 Å². The van der Waals surface area contributed by atoms with Gasteiger partial charge in [-0.1, -0.05) is 0 Å². The second kappa shape index (κ2) is 13.6. The van der Waals surface area contributed by atoms with E-state index in [1.54, 1.807) is 22.3 Å². The maximum absolute atomic E-state index is 3.70. The van der Waals surface area contributed by atoms with Gasteiger partial charge in [0.2, 0.25) is 0 Å². The molecule has 2 unspecified atom stereocenters. The maximum atomic E-state index is 2.78. The molecular weight excluding hydrogens is 719 g/mol. The van der Waals surface area contributed by atoms with Crippen LogP contribution in [0.15, 0.2) is 90.0 Å². The molecule has 2 aliphatic rings. The van der Waals surface area contributed by atoms with E-state index in [1.165, 1.54) is 50.1 Å². The van der Waals surface area contributed by atoms with Crippen molar-refractivity contribution in [3.8, 4) is 22.3 Å². The molecule has 2 aliphatic carbocycles. The first-order valence-corrected chi connectivity index (χ1v) is 31.1. The molecule has 0 spiro atoms. The standard InChI is InChI=1S/2C21H23.2CH3.2ClH.H2Si.Zr/c1-14-12-19-15(2)6-11-18(20(19)13-14)16-7-9-17(10-8-16)21(3,4)5;1-14(2)16-8-10-17(11-9-16)20-7-5-6-18-12-19(15(3)4)13-21(18)20;;;;;;/h6-13H,1-5H3;5-15H,1-4H3;2*1H3;2*1H;1H2;. The molecule has 4 aromatic rings. The molecule has 0 fully saturated rings. The van der Waals surface area contributed by atoms with Gasteiger partial charge < -0.3 is 0 Å². The van der Waals surface area contributed by atoms with Crippen LogP contribution in [0.5, 0.6) is 0 Å². The van der Waals surface area contributed by atoms with Gasteiger partial charge in [-0.3, -0.25) is 0 Å². The molecule has 0 nitrogen and oxygen atoms in total. The Morgan fingerprint density at radius 3 is 1.75 bits per heavy atom. The van der Waals surface area contributed by atoms with E-state index in [2.05, 4.69) is 169 Å². The van der Waals surface area contributed by atoms with Crippen molar-refractivity contribution in [2.75, 3.05) is 0 Å². The smallest absolute Gasteiger partial charge is 0.147 e. The van der Waals surface area contributed by atoms with Gasteiger partial charge in [0.05, 0.1) is 0 Å². The summed E-state index contributed by atoms with van der Waals surface area (Å²) < 4.78 is 6.58. The number of hydrogen-bond acceptors (Lipinski definition) is 0. The van der Waals surface area contributed by atoms with Gasteiger partial charge in [-0.2, -0.15) is 0 Å². The van der Waals surface area contributed by atoms with Crippen LogP contribution < -0.4 is 0 Å². The molecule has 6 rings (SSSR count). The molecule has 48 heavy (non-hydrogen) atoms. The van der Waals surface area contributed by atoms with Crippen molar-refractivity contribution in [2.45, 2.75) is 90.2 Å². The first-order chi connectivity index (χ1) is 21.5. The summed E-state index contributed by atoms with van der Waals surface area (Å²) in [5.74, 6) is 1.05. The molecule has 0 aliphatic heterocycles. The molecule has 4 aromatic carbocycles. The van der Waals surface area contributed by atoms with Gasteiger partial charge in [0.1, 0.15) is 0 Å². The number of benzene rings is 4. The van der Waals surface area contributed by atoms with Crippen LogP contribution in [0, 0.1) is 12.8 Å². The van der Waals surface area contributed by atoms with E-state index in [0.29, 0.717) is 19.1 Å². The van der Waals surface area contributed by atoms with Crippen molar-refractivity contribution in [1.29, 1.82) is 0 Å². The van der Waals surface area contributed by atoms with Gasteiger partial charge in [0.25, 0.3) is 0 Å². The Morgan fingerprint density at radius 2 is 1.21 bits per heavy atom. The monoisotopic (exact) mass is 772 g/mol. The molecule has 0 bridgehead atoms. The van der Waals surface area contributed by atoms with E-state index in [1.807, 2.05) is 0 Å². The van der Waals surface area contributed by atoms with Crippen molar-refractivity contribution in [1.82, 2.24) is 0 Å². The molecule has 254 valence electrons. The molecule has 0 amide bonds. The fraction of sp³-hybridized carbons (Fsp3) is 0.364. The molecule has 0 saturated carbocycles. The molecule has 4 heteroatoms. The molecule has 0 N–H and O–H groups in total. The van der Waals surface area contributed by atoms with Gasteiger partial charge in [-0.25, -0.2) is 0 Å². The van der Waals surface area contributed by atoms with Crippen LogP contribution in [0.25, 0.3) is 34.4 Å². The Hall–Kier alpha value is -1.96. The minimum absolute atomic E-state index is 0. The summed E-state index contributed by atoms with van der Waals surface area (Å²) in [5, 5.41) is 0. The second-order valence-electron chi connectivity index (χ2n) is 17.2. The number of hydrogen-bond donors (Lipinski definition) is 0. The number of allylic oxidation sites excluding steroid dienone is 2. The van der Waals surface area contributed by atoms with Crippen molar-refractivity contribution in [2.24, 2.45) is 5.92 Å². The van der Waals surface area contributed by atoms with Crippen molar-refractivity contribution in [3.05, 3.63) is 129 Å². The van der Waals surface area contributed by atoms with E-state index in [-0.39, 0.29) is 30.2 Å². The fourth-order valence-corrected chi connectivity index (χ4v) is 29.5. The normalized spacial score (nSPS) is 17.4. The summed E-state index contributed by atoms with van der Waals surface area (Å²) in [6.07, 6.45) is 5.18. The van der Waals surface area contributed by atoms with E-state index in [9.17, 15) is 0 Å². The number of halogens is 2. The first kappa shape index (κ1) is 38.8. The summed E-state index contributed by atoms with van der Waals surface area (Å²) in [6.45, 7) is 23.6. The first-order valence-electron chi connectivity index (χ1n) is 17.4. The predicted octanol–water partition coefficient (Wildman–Crippen LogP) is 13.2. The summed E-state index contributed by atoms with van der Waals surface area (Å²) in [6, 6.07) is 30.6. The van der Waals surface area contributed by atoms with E-state index in [4.69, 9.17) is 0 Å². The third kappa shape index (κ3) is 6.62. The number of rotatable bonds is 6. The Bertz CT molecular complexity index is 1960. The van der Waals surface area contributed by atoms with Crippen LogP contribution in [0.1, 0.15) is 108 Å². The maximum Gasteiger partial charge on any atom is -0.147 e. The van der Waals surface area contributed by atoms with E-state index < -0.39 is 17.4 Å². The Balaban J connectivity index is 0.00000260. The van der Waals surface area contributed by atoms with Crippen molar-refractivity contribution >= 4 is 43.8 Å². The van der Waals surface area contributed by atoms with Gasteiger partial charge in [0.15, 0.2) is 0 Å². The number of fused-ring (bicyclic) bond motifs is 2. The van der Waals surface area contributed by atoms with E-state index in [0.717, 1.165) is 0 Å². The van der Waals surface area contributed by atoms with Gasteiger partial charge in [-0.15, -0.1) is 24.8 Å². The van der Waals surface area contributed by atoms with Crippen molar-refractivity contribution < 1.29 is 17.4 Å². The van der Waals surface area contributed by atoms with Gasteiger partial charge >= 0.3 is 284 Å².